The van der Waals surface area contributed by atoms with E-state index in [4.69, 9.17) is 0 Å². The van der Waals surface area contributed by atoms with Crippen LogP contribution in [0.15, 0.2) is 127 Å². The maximum absolute atomic E-state index is 9.77. The Balaban J connectivity index is 0.000000192. The van der Waals surface area contributed by atoms with Gasteiger partial charge in [0.15, 0.2) is 0 Å². The van der Waals surface area contributed by atoms with Crippen molar-refractivity contribution in [3.8, 4) is 34.0 Å². The number of benzene rings is 4. The molecule has 0 saturated carbocycles. The van der Waals surface area contributed by atoms with Gasteiger partial charge in [-0.2, -0.15) is 0 Å². The van der Waals surface area contributed by atoms with Gasteiger partial charge in [-0.1, -0.05) is 92.5 Å². The first kappa shape index (κ1) is 32.4. The van der Waals surface area contributed by atoms with Crippen LogP contribution in [0.4, 0.5) is 10.3 Å². The summed E-state index contributed by atoms with van der Waals surface area (Å²) in [5.41, 5.74) is 5.26. The summed E-state index contributed by atoms with van der Waals surface area (Å²) in [7, 11) is 0. The monoisotopic (exact) mass is 774 g/mol. The van der Waals surface area contributed by atoms with Crippen LogP contribution in [0.3, 0.4) is 0 Å². The smallest absolute Gasteiger partial charge is 0.209 e. The fourth-order valence-corrected chi connectivity index (χ4v) is 5.74. The molecule has 43 heavy (non-hydrogen) atoms. The first-order valence-electron chi connectivity index (χ1n) is 12.5. The zero-order chi connectivity index (χ0) is 29.3. The Kier molecular flexibility index (Phi) is 12.0. The zero-order valence-corrected chi connectivity index (χ0v) is 27.9. The van der Waals surface area contributed by atoms with Gasteiger partial charge in [0.2, 0.25) is 10.3 Å². The van der Waals surface area contributed by atoms with Crippen molar-refractivity contribution in [3.63, 3.8) is 0 Å². The van der Waals surface area contributed by atoms with E-state index in [2.05, 4.69) is 51.8 Å². The van der Waals surface area contributed by atoms with Crippen LogP contribution in [0.25, 0.3) is 22.5 Å². The number of phenols is 2. The molecule has 0 aliphatic carbocycles. The molecule has 11 heteroatoms. The molecule has 4 aromatic carbocycles. The topological polar surface area (TPSA) is 91.0 Å². The van der Waals surface area contributed by atoms with Gasteiger partial charge >= 0.3 is 0 Å². The number of aliphatic imine (C=N–C) groups is 2. The minimum Gasteiger partial charge on any atom is -0.507 e. The molecule has 2 N–H and O–H groups in total. The summed E-state index contributed by atoms with van der Waals surface area (Å²) in [5, 5.41) is 24.8. The maximum Gasteiger partial charge on any atom is 0.209 e. The largest absolute Gasteiger partial charge is 0.507 e. The van der Waals surface area contributed by atoms with Crippen LogP contribution in [0, 0.1) is 0 Å². The number of thiazole rings is 2. The van der Waals surface area contributed by atoms with Gasteiger partial charge in [-0.15, -0.1) is 22.7 Å². The number of hydrogen-bond acceptors (Lipinski definition) is 8. The molecule has 0 saturated heterocycles. The number of halogens is 2. The van der Waals surface area contributed by atoms with Gasteiger partial charge in [-0.25, -0.2) is 20.0 Å². The standard InChI is InChI=1S/2C16H11BrN2OS.Ni/c2*17-13-6-7-15(20)12(8-13)9-18-16-19-14(10-21-16)11-4-2-1-3-5-11;/h2*1-10,20H;. The van der Waals surface area contributed by atoms with Crippen molar-refractivity contribution >= 4 is 77.2 Å². The summed E-state index contributed by atoms with van der Waals surface area (Å²) in [5.74, 6) is 0.392. The average molecular weight is 777 g/mol. The number of hydrogen-bond donors (Lipinski definition) is 2. The maximum atomic E-state index is 9.77. The van der Waals surface area contributed by atoms with Gasteiger partial charge < -0.3 is 10.2 Å². The molecular formula is C32H22Br2N4NiO2S2. The van der Waals surface area contributed by atoms with Gasteiger partial charge in [-0.3, -0.25) is 0 Å². The molecule has 0 amide bonds. The van der Waals surface area contributed by atoms with E-state index in [1.54, 1.807) is 36.7 Å². The molecule has 6 aromatic rings. The third kappa shape index (κ3) is 9.26. The molecule has 218 valence electrons. The molecule has 0 radical (unpaired) electrons. The Morgan fingerprint density at radius 2 is 0.977 bits per heavy atom. The molecular weight excluding hydrogens is 755 g/mol. The Bertz CT molecular complexity index is 1710. The molecule has 0 bridgehead atoms. The number of aromatic hydroxyl groups is 2. The predicted octanol–water partition coefficient (Wildman–Crippen LogP) is 10.1. The van der Waals surface area contributed by atoms with Gasteiger partial charge in [0, 0.05) is 70.9 Å². The summed E-state index contributed by atoms with van der Waals surface area (Å²) in [6, 6.07) is 30.4. The van der Waals surface area contributed by atoms with E-state index in [1.165, 1.54) is 22.7 Å². The van der Waals surface area contributed by atoms with Crippen LogP contribution >= 0.6 is 54.5 Å². The third-order valence-electron chi connectivity index (χ3n) is 5.73. The van der Waals surface area contributed by atoms with Crippen LogP contribution in [0.1, 0.15) is 11.1 Å². The summed E-state index contributed by atoms with van der Waals surface area (Å²) < 4.78 is 1.79. The fourth-order valence-electron chi connectivity index (χ4n) is 3.64. The molecule has 0 unspecified atom stereocenters. The minimum atomic E-state index is 0. The summed E-state index contributed by atoms with van der Waals surface area (Å²) >= 11 is 9.69. The first-order chi connectivity index (χ1) is 20.4. The van der Waals surface area contributed by atoms with Gasteiger partial charge in [0.25, 0.3) is 0 Å². The molecule has 0 fully saturated rings. The predicted molar refractivity (Wildman–Crippen MR) is 181 cm³/mol. The number of nitrogens with zero attached hydrogens (tertiary/aromatic N) is 4. The average Bonchev–Trinajstić information content (AvgIpc) is 3.70. The van der Waals surface area contributed by atoms with Crippen LogP contribution in [0.2, 0.25) is 0 Å². The Hall–Kier alpha value is -3.47. The number of rotatable bonds is 6. The summed E-state index contributed by atoms with van der Waals surface area (Å²) in [6.45, 7) is 0. The van der Waals surface area contributed by atoms with Crippen molar-refractivity contribution in [1.29, 1.82) is 0 Å². The molecule has 6 nitrogen and oxygen atoms in total. The SMILES string of the molecule is Oc1ccc(Br)cc1C=Nc1nc(-c2ccccc2)cs1.Oc1ccc(Br)cc1C=Nc1nc(-c2ccccc2)cs1.[Ni]. The molecule has 0 spiro atoms. The molecule has 0 aliphatic heterocycles. The van der Waals surface area contributed by atoms with Crippen LogP contribution < -0.4 is 0 Å². The Morgan fingerprint density at radius 1 is 0.581 bits per heavy atom. The van der Waals surface area contributed by atoms with Crippen molar-refractivity contribution in [2.45, 2.75) is 0 Å². The van der Waals surface area contributed by atoms with E-state index in [-0.39, 0.29) is 28.0 Å². The third-order valence-corrected chi connectivity index (χ3v) is 8.21. The van der Waals surface area contributed by atoms with E-state index in [1.807, 2.05) is 83.6 Å². The van der Waals surface area contributed by atoms with Crippen LogP contribution in [0.5, 0.6) is 11.5 Å². The van der Waals surface area contributed by atoms with Crippen molar-refractivity contribution < 1.29 is 26.7 Å². The van der Waals surface area contributed by atoms with E-state index in [0.29, 0.717) is 21.4 Å². The molecule has 2 aromatic heterocycles. The zero-order valence-electron chi connectivity index (χ0n) is 22.1. The van der Waals surface area contributed by atoms with Crippen molar-refractivity contribution in [2.24, 2.45) is 9.98 Å². The van der Waals surface area contributed by atoms with Crippen molar-refractivity contribution in [1.82, 2.24) is 9.97 Å². The van der Waals surface area contributed by atoms with Gasteiger partial charge in [0.1, 0.15) is 11.5 Å². The minimum absolute atomic E-state index is 0. The second-order valence-electron chi connectivity index (χ2n) is 8.69. The van der Waals surface area contributed by atoms with Gasteiger partial charge in [0.05, 0.1) is 11.4 Å². The molecule has 6 rings (SSSR count). The number of aromatic nitrogens is 2. The van der Waals surface area contributed by atoms with Crippen LogP contribution in [-0.4, -0.2) is 32.6 Å². The van der Waals surface area contributed by atoms with E-state index >= 15 is 0 Å². The Morgan fingerprint density at radius 3 is 1.37 bits per heavy atom. The number of phenolic OH excluding ortho intramolecular Hbond substituents is 2. The van der Waals surface area contributed by atoms with Crippen molar-refractivity contribution in [3.05, 3.63) is 128 Å². The molecule has 2 heterocycles. The molecule has 0 atom stereocenters. The summed E-state index contributed by atoms with van der Waals surface area (Å²) in [6.07, 6.45) is 3.24. The van der Waals surface area contributed by atoms with Crippen LogP contribution in [-0.2, 0) is 16.5 Å². The fraction of sp³-hybridized carbons (Fsp3) is 0. The second kappa shape index (κ2) is 15.8. The normalized spacial score (nSPS) is 10.8. The van der Waals surface area contributed by atoms with E-state index in [0.717, 1.165) is 31.5 Å². The summed E-state index contributed by atoms with van der Waals surface area (Å²) in [4.78, 5) is 17.6. The van der Waals surface area contributed by atoms with Crippen molar-refractivity contribution in [2.75, 3.05) is 0 Å². The van der Waals surface area contributed by atoms with Gasteiger partial charge in [-0.05, 0) is 36.4 Å². The van der Waals surface area contributed by atoms with E-state index in [9.17, 15) is 10.2 Å². The quantitative estimate of drug-likeness (QED) is 0.130. The second-order valence-corrected chi connectivity index (χ2v) is 12.2. The van der Waals surface area contributed by atoms with E-state index < -0.39 is 0 Å². The Labute approximate surface area is 283 Å². The first-order valence-corrected chi connectivity index (χ1v) is 15.9. The molecule has 0 aliphatic rings.